The lowest BCUT2D eigenvalue weighted by molar-refractivity contribution is 0.207. The molecule has 1 aliphatic carbocycles. The summed E-state index contributed by atoms with van der Waals surface area (Å²) in [6, 6.07) is 4.13. The molecule has 1 saturated carbocycles. The van der Waals surface area contributed by atoms with Crippen molar-refractivity contribution in [2.75, 3.05) is 6.54 Å². The van der Waals surface area contributed by atoms with Gasteiger partial charge in [0, 0.05) is 19.3 Å². The predicted molar refractivity (Wildman–Crippen MR) is 71.9 cm³/mol. The van der Waals surface area contributed by atoms with Crippen molar-refractivity contribution in [1.82, 2.24) is 10.3 Å². The van der Waals surface area contributed by atoms with Crippen LogP contribution in [0.2, 0.25) is 0 Å². The molecule has 0 amide bonds. The second kappa shape index (κ2) is 5.63. The molecule has 0 atom stereocenters. The van der Waals surface area contributed by atoms with E-state index in [4.69, 9.17) is 0 Å². The van der Waals surface area contributed by atoms with Crippen molar-refractivity contribution in [2.24, 2.45) is 5.41 Å². The molecule has 17 heavy (non-hydrogen) atoms. The van der Waals surface area contributed by atoms with Crippen molar-refractivity contribution in [3.63, 3.8) is 0 Å². The van der Waals surface area contributed by atoms with Crippen LogP contribution in [0.1, 0.15) is 50.3 Å². The van der Waals surface area contributed by atoms with Gasteiger partial charge in [0.2, 0.25) is 0 Å². The van der Waals surface area contributed by atoms with Crippen molar-refractivity contribution in [3.8, 4) is 0 Å². The highest BCUT2D eigenvalue weighted by Crippen LogP contribution is 2.34. The summed E-state index contributed by atoms with van der Waals surface area (Å²) >= 11 is 0. The number of hydrogen-bond acceptors (Lipinski definition) is 2. The predicted octanol–water partition coefficient (Wildman–Crippen LogP) is 3.45. The van der Waals surface area contributed by atoms with E-state index in [1.54, 1.807) is 0 Å². The van der Waals surface area contributed by atoms with Gasteiger partial charge in [0.05, 0.1) is 5.69 Å². The Hall–Kier alpha value is -0.890. The van der Waals surface area contributed by atoms with Crippen molar-refractivity contribution in [3.05, 3.63) is 29.6 Å². The Morgan fingerprint density at radius 3 is 2.76 bits per heavy atom. The minimum Gasteiger partial charge on any atom is -0.311 e. The molecule has 2 heteroatoms. The third-order valence-electron chi connectivity index (χ3n) is 4.02. The van der Waals surface area contributed by atoms with Gasteiger partial charge >= 0.3 is 0 Å². The Kier molecular flexibility index (Phi) is 4.16. The summed E-state index contributed by atoms with van der Waals surface area (Å²) < 4.78 is 0. The van der Waals surface area contributed by atoms with E-state index in [1.165, 1.54) is 43.4 Å². The van der Waals surface area contributed by atoms with E-state index in [0.717, 1.165) is 13.1 Å². The lowest BCUT2D eigenvalue weighted by Gasteiger charge is -2.33. The molecule has 0 aliphatic heterocycles. The highest BCUT2D eigenvalue weighted by atomic mass is 14.9. The molecule has 0 spiro atoms. The molecule has 1 N–H and O–H groups in total. The maximum Gasteiger partial charge on any atom is 0.0570 e. The van der Waals surface area contributed by atoms with Crippen molar-refractivity contribution in [2.45, 2.75) is 52.5 Å². The second-order valence-electron chi connectivity index (χ2n) is 5.74. The molecule has 0 radical (unpaired) electrons. The van der Waals surface area contributed by atoms with Gasteiger partial charge in [-0.2, -0.15) is 0 Å². The number of nitrogens with one attached hydrogen (secondary N) is 1. The van der Waals surface area contributed by atoms with Crippen LogP contribution in [0.25, 0.3) is 0 Å². The Morgan fingerprint density at radius 2 is 2.06 bits per heavy atom. The van der Waals surface area contributed by atoms with Gasteiger partial charge < -0.3 is 5.32 Å². The second-order valence-corrected chi connectivity index (χ2v) is 5.74. The molecule has 2 nitrogen and oxygen atoms in total. The number of hydrogen-bond donors (Lipinski definition) is 1. The lowest BCUT2D eigenvalue weighted by Crippen LogP contribution is -2.33. The number of aryl methyl sites for hydroxylation is 1. The van der Waals surface area contributed by atoms with Gasteiger partial charge in [-0.05, 0) is 36.8 Å². The van der Waals surface area contributed by atoms with Gasteiger partial charge in [-0.15, -0.1) is 0 Å². The average molecular weight is 232 g/mol. The molecule has 1 fully saturated rings. The quantitative estimate of drug-likeness (QED) is 0.860. The first-order valence-corrected chi connectivity index (χ1v) is 6.81. The smallest absolute Gasteiger partial charge is 0.0570 e. The van der Waals surface area contributed by atoms with Crippen molar-refractivity contribution in [1.29, 1.82) is 0 Å². The average Bonchev–Trinajstić information content (AvgIpc) is 2.32. The number of rotatable bonds is 4. The summed E-state index contributed by atoms with van der Waals surface area (Å²) in [6.07, 6.45) is 8.87. The minimum absolute atomic E-state index is 0.515. The van der Waals surface area contributed by atoms with Gasteiger partial charge in [0.1, 0.15) is 0 Å². The van der Waals surface area contributed by atoms with Gasteiger partial charge in [0.25, 0.3) is 0 Å². The third kappa shape index (κ3) is 3.53. The highest BCUT2D eigenvalue weighted by molar-refractivity contribution is 5.17. The minimum atomic E-state index is 0.515. The van der Waals surface area contributed by atoms with Crippen LogP contribution in [0.3, 0.4) is 0 Å². The van der Waals surface area contributed by atoms with E-state index in [-0.39, 0.29) is 0 Å². The molecular weight excluding hydrogens is 208 g/mol. The van der Waals surface area contributed by atoms with Crippen LogP contribution in [0.5, 0.6) is 0 Å². The zero-order valence-electron chi connectivity index (χ0n) is 11.1. The first-order valence-electron chi connectivity index (χ1n) is 6.81. The first kappa shape index (κ1) is 12.6. The van der Waals surface area contributed by atoms with Gasteiger partial charge in [-0.3, -0.25) is 4.98 Å². The zero-order valence-corrected chi connectivity index (χ0v) is 11.1. The van der Waals surface area contributed by atoms with Crippen molar-refractivity contribution >= 4 is 0 Å². The van der Waals surface area contributed by atoms with E-state index < -0.39 is 0 Å². The fourth-order valence-corrected chi connectivity index (χ4v) is 2.77. The van der Waals surface area contributed by atoms with E-state index in [0.29, 0.717) is 5.41 Å². The fourth-order valence-electron chi connectivity index (χ4n) is 2.77. The monoisotopic (exact) mass is 232 g/mol. The van der Waals surface area contributed by atoms with Crippen LogP contribution in [-0.2, 0) is 6.54 Å². The molecule has 0 unspecified atom stereocenters. The van der Waals surface area contributed by atoms with Crippen LogP contribution in [-0.4, -0.2) is 11.5 Å². The topological polar surface area (TPSA) is 24.9 Å². The number of nitrogens with zero attached hydrogens (tertiary/aromatic N) is 1. The maximum atomic E-state index is 4.42. The summed E-state index contributed by atoms with van der Waals surface area (Å²) in [6.45, 7) is 6.59. The van der Waals surface area contributed by atoms with Gasteiger partial charge in [-0.1, -0.05) is 32.3 Å². The maximum absolute atomic E-state index is 4.42. The van der Waals surface area contributed by atoms with Crippen LogP contribution in [0.15, 0.2) is 18.3 Å². The SMILES string of the molecule is Cc1cccnc1CNCC1(C)CCCCC1. The number of aromatic nitrogens is 1. The molecule has 1 aromatic heterocycles. The first-order chi connectivity index (χ1) is 8.20. The molecule has 1 aliphatic rings. The largest absolute Gasteiger partial charge is 0.311 e. The van der Waals surface area contributed by atoms with E-state index in [2.05, 4.69) is 30.2 Å². The molecule has 0 saturated heterocycles. The lowest BCUT2D eigenvalue weighted by atomic mass is 9.76. The van der Waals surface area contributed by atoms with Gasteiger partial charge in [0.15, 0.2) is 0 Å². The Bertz CT molecular complexity index is 354. The van der Waals surface area contributed by atoms with Crippen LogP contribution in [0.4, 0.5) is 0 Å². The molecule has 94 valence electrons. The summed E-state index contributed by atoms with van der Waals surface area (Å²) in [5, 5.41) is 3.59. The summed E-state index contributed by atoms with van der Waals surface area (Å²) in [5.41, 5.74) is 2.99. The van der Waals surface area contributed by atoms with E-state index in [1.807, 2.05) is 12.3 Å². The number of pyridine rings is 1. The van der Waals surface area contributed by atoms with E-state index in [9.17, 15) is 0 Å². The Labute approximate surface area is 105 Å². The van der Waals surface area contributed by atoms with Crippen LogP contribution < -0.4 is 5.32 Å². The Balaban J connectivity index is 1.81. The van der Waals surface area contributed by atoms with Crippen LogP contribution in [0, 0.1) is 12.3 Å². The van der Waals surface area contributed by atoms with E-state index >= 15 is 0 Å². The molecule has 1 heterocycles. The summed E-state index contributed by atoms with van der Waals surface area (Å²) in [7, 11) is 0. The fraction of sp³-hybridized carbons (Fsp3) is 0.667. The molecule has 2 rings (SSSR count). The highest BCUT2D eigenvalue weighted by Gasteiger charge is 2.25. The molecule has 0 aromatic carbocycles. The summed E-state index contributed by atoms with van der Waals surface area (Å²) in [5.74, 6) is 0. The van der Waals surface area contributed by atoms with Crippen molar-refractivity contribution < 1.29 is 0 Å². The third-order valence-corrected chi connectivity index (χ3v) is 4.02. The molecule has 1 aromatic rings. The molecule has 0 bridgehead atoms. The van der Waals surface area contributed by atoms with Gasteiger partial charge in [-0.25, -0.2) is 0 Å². The summed E-state index contributed by atoms with van der Waals surface area (Å²) in [4.78, 5) is 4.42. The normalized spacial score (nSPS) is 19.2. The zero-order chi connectivity index (χ0) is 12.1. The Morgan fingerprint density at radius 1 is 1.29 bits per heavy atom. The molecular formula is C15H24N2. The van der Waals surface area contributed by atoms with Crippen LogP contribution >= 0.6 is 0 Å². The standard InChI is InChI=1S/C15H24N2/c1-13-7-6-10-17-14(13)11-16-12-15(2)8-4-3-5-9-15/h6-7,10,16H,3-5,8-9,11-12H2,1-2H3.